The molecule has 0 radical (unpaired) electrons. The third-order valence-electron chi connectivity index (χ3n) is 0.615. The van der Waals surface area contributed by atoms with E-state index in [2.05, 4.69) is 10.1 Å². The van der Waals surface area contributed by atoms with Gasteiger partial charge >= 0.3 is 6.09 Å². The molecule has 0 fully saturated rings. The average Bonchev–Trinajstić information content (AvgIpc) is 1.59. The Balaban J connectivity index is 0. The molecule has 0 aliphatic rings. The molecule has 0 atom stereocenters. The molecule has 0 bridgehead atoms. The Bertz CT molecular complexity index is 164. The molecule has 0 saturated heterocycles. The normalized spacial score (nSPS) is 8.91. The Labute approximate surface area is 67.2 Å². The number of nitrogens with zero attached hydrogens (tertiary/aromatic N) is 1. The highest BCUT2D eigenvalue weighted by Gasteiger charge is 2.13. The Hall–Kier alpha value is -1.24. The van der Waals surface area contributed by atoms with E-state index in [-0.39, 0.29) is 13.0 Å². The molecule has 0 saturated carbocycles. The molecule has 0 aliphatic carbocycles. The van der Waals surface area contributed by atoms with Crippen molar-refractivity contribution in [3.63, 3.8) is 0 Å². The van der Waals surface area contributed by atoms with Crippen LogP contribution in [0, 0.1) is 11.5 Å². The smallest absolute Gasteiger partial charge is 0.334 e. The molecule has 0 aromatic rings. The second-order valence-electron chi connectivity index (χ2n) is 2.86. The maximum absolute atomic E-state index is 10.5. The largest absolute Gasteiger partial charge is 0.423 e. The van der Waals surface area contributed by atoms with E-state index < -0.39 is 6.09 Å². The van der Waals surface area contributed by atoms with E-state index in [1.54, 1.807) is 20.8 Å². The van der Waals surface area contributed by atoms with E-state index in [1.165, 1.54) is 6.26 Å². The van der Waals surface area contributed by atoms with Gasteiger partial charge in [-0.2, -0.15) is 0 Å². The summed E-state index contributed by atoms with van der Waals surface area (Å²) < 4.78 is 3.97. The van der Waals surface area contributed by atoms with Crippen LogP contribution in [-0.4, -0.2) is 11.6 Å². The Morgan fingerprint density at radius 1 is 1.55 bits per heavy atom. The topological polar surface area (TPSA) is 62.1 Å². The SMILES string of the molecule is C.CC(C)(C)NC(=O)OC#N. The van der Waals surface area contributed by atoms with Crippen LogP contribution in [0.5, 0.6) is 0 Å². The number of nitriles is 1. The van der Waals surface area contributed by atoms with E-state index >= 15 is 0 Å². The summed E-state index contributed by atoms with van der Waals surface area (Å²) in [7, 11) is 0. The van der Waals surface area contributed by atoms with Crippen molar-refractivity contribution in [2.24, 2.45) is 0 Å². The molecule has 1 N–H and O–H groups in total. The van der Waals surface area contributed by atoms with Gasteiger partial charge in [0.15, 0.2) is 0 Å². The minimum Gasteiger partial charge on any atom is -0.334 e. The van der Waals surface area contributed by atoms with Crippen molar-refractivity contribution in [2.45, 2.75) is 33.7 Å². The quantitative estimate of drug-likeness (QED) is 0.545. The van der Waals surface area contributed by atoms with Crippen LogP contribution in [0.1, 0.15) is 28.2 Å². The Morgan fingerprint density at radius 2 is 2.00 bits per heavy atom. The van der Waals surface area contributed by atoms with Gasteiger partial charge in [-0.15, -0.1) is 5.26 Å². The van der Waals surface area contributed by atoms with Gasteiger partial charge in [-0.3, -0.25) is 0 Å². The number of carbonyl (C=O) groups excluding carboxylic acids is 1. The van der Waals surface area contributed by atoms with Crippen LogP contribution in [0.2, 0.25) is 0 Å². The second-order valence-corrected chi connectivity index (χ2v) is 2.86. The van der Waals surface area contributed by atoms with Crippen molar-refractivity contribution in [1.82, 2.24) is 5.32 Å². The first-order valence-electron chi connectivity index (χ1n) is 2.84. The summed E-state index contributed by atoms with van der Waals surface area (Å²) in [6.07, 6.45) is 0.565. The van der Waals surface area contributed by atoms with Crippen LogP contribution in [0.4, 0.5) is 4.79 Å². The summed E-state index contributed by atoms with van der Waals surface area (Å²) in [6.45, 7) is 5.39. The second kappa shape index (κ2) is 4.56. The van der Waals surface area contributed by atoms with Crippen LogP contribution in [-0.2, 0) is 4.74 Å². The lowest BCUT2D eigenvalue weighted by Crippen LogP contribution is -2.40. The monoisotopic (exact) mass is 158 g/mol. The molecule has 0 spiro atoms. The lowest BCUT2D eigenvalue weighted by Gasteiger charge is -2.17. The fourth-order valence-corrected chi connectivity index (χ4v) is 0.373. The summed E-state index contributed by atoms with van der Waals surface area (Å²) in [5.41, 5.74) is -0.353. The Kier molecular flexibility index (Phi) is 5.15. The fraction of sp³-hybridized carbons (Fsp3) is 0.714. The third kappa shape index (κ3) is 8.76. The number of carbonyl (C=O) groups is 1. The van der Waals surface area contributed by atoms with Crippen LogP contribution >= 0.6 is 0 Å². The number of hydrogen-bond acceptors (Lipinski definition) is 3. The molecule has 0 aliphatic heterocycles. The molecule has 0 rings (SSSR count). The molecule has 4 heteroatoms. The summed E-state index contributed by atoms with van der Waals surface area (Å²) in [5.74, 6) is 0. The van der Waals surface area contributed by atoms with Crippen LogP contribution < -0.4 is 5.32 Å². The number of ether oxygens (including phenoxy) is 1. The predicted octanol–water partition coefficient (Wildman–Crippen LogP) is 1.63. The summed E-state index contributed by atoms with van der Waals surface area (Å²) >= 11 is 0. The molecular formula is C7H14N2O2. The van der Waals surface area contributed by atoms with Gasteiger partial charge in [-0.05, 0) is 20.8 Å². The first-order valence-corrected chi connectivity index (χ1v) is 2.84. The average molecular weight is 158 g/mol. The fourth-order valence-electron chi connectivity index (χ4n) is 0.373. The minimum absolute atomic E-state index is 0. The standard InChI is InChI=1S/C6H10N2O2.CH4/c1-6(2,3)8-5(9)10-4-7;/h1-3H3,(H,8,9);1H4. The van der Waals surface area contributed by atoms with E-state index in [9.17, 15) is 4.79 Å². The summed E-state index contributed by atoms with van der Waals surface area (Å²) in [5, 5.41) is 10.3. The van der Waals surface area contributed by atoms with Crippen LogP contribution in [0.25, 0.3) is 0 Å². The highest BCUT2D eigenvalue weighted by Crippen LogP contribution is 1.98. The van der Waals surface area contributed by atoms with Crippen molar-refractivity contribution in [3.05, 3.63) is 0 Å². The highest BCUT2D eigenvalue weighted by molar-refractivity contribution is 5.68. The lowest BCUT2D eigenvalue weighted by molar-refractivity contribution is 0.180. The van der Waals surface area contributed by atoms with Gasteiger partial charge in [0.2, 0.25) is 0 Å². The number of amides is 1. The van der Waals surface area contributed by atoms with Gasteiger partial charge in [0, 0.05) is 5.54 Å². The molecule has 0 aromatic heterocycles. The van der Waals surface area contributed by atoms with Crippen molar-refractivity contribution in [2.75, 3.05) is 0 Å². The van der Waals surface area contributed by atoms with E-state index in [0.717, 1.165) is 0 Å². The highest BCUT2D eigenvalue weighted by atomic mass is 16.5. The van der Waals surface area contributed by atoms with Gasteiger partial charge in [-0.1, -0.05) is 7.43 Å². The van der Waals surface area contributed by atoms with Gasteiger partial charge in [0.25, 0.3) is 6.26 Å². The minimum atomic E-state index is -0.713. The molecule has 0 heterocycles. The zero-order valence-corrected chi connectivity index (χ0v) is 6.26. The maximum Gasteiger partial charge on any atom is 0.423 e. The Morgan fingerprint density at radius 3 is 2.27 bits per heavy atom. The van der Waals surface area contributed by atoms with Crippen molar-refractivity contribution in [3.8, 4) is 6.26 Å². The zero-order valence-electron chi connectivity index (χ0n) is 6.26. The van der Waals surface area contributed by atoms with Crippen molar-refractivity contribution >= 4 is 6.09 Å². The van der Waals surface area contributed by atoms with Crippen LogP contribution in [0.3, 0.4) is 0 Å². The molecule has 1 amide bonds. The third-order valence-corrected chi connectivity index (χ3v) is 0.615. The van der Waals surface area contributed by atoms with Crippen molar-refractivity contribution in [1.29, 1.82) is 5.26 Å². The molecule has 4 nitrogen and oxygen atoms in total. The lowest BCUT2D eigenvalue weighted by atomic mass is 10.1. The molecular weight excluding hydrogens is 144 g/mol. The van der Waals surface area contributed by atoms with E-state index in [1.807, 2.05) is 0 Å². The zero-order chi connectivity index (χ0) is 8.20. The van der Waals surface area contributed by atoms with E-state index in [0.29, 0.717) is 0 Å². The van der Waals surface area contributed by atoms with Gasteiger partial charge in [0.1, 0.15) is 0 Å². The molecule has 0 unspecified atom stereocenters. The number of rotatable bonds is 0. The first-order chi connectivity index (χ1) is 4.45. The van der Waals surface area contributed by atoms with Crippen LogP contribution in [0.15, 0.2) is 0 Å². The molecule has 0 aromatic carbocycles. The maximum atomic E-state index is 10.5. The predicted molar refractivity (Wildman–Crippen MR) is 41.7 cm³/mol. The number of alkyl carbamates (subject to hydrolysis) is 1. The van der Waals surface area contributed by atoms with E-state index in [4.69, 9.17) is 5.26 Å². The number of hydrogen-bond donors (Lipinski definition) is 1. The summed E-state index contributed by atoms with van der Waals surface area (Å²) in [6, 6.07) is 0. The van der Waals surface area contributed by atoms with Gasteiger partial charge < -0.3 is 10.1 Å². The first kappa shape index (κ1) is 12.4. The summed E-state index contributed by atoms with van der Waals surface area (Å²) in [4.78, 5) is 10.5. The number of nitrogens with one attached hydrogen (secondary N) is 1. The molecule has 11 heavy (non-hydrogen) atoms. The van der Waals surface area contributed by atoms with Gasteiger partial charge in [-0.25, -0.2) is 4.79 Å². The van der Waals surface area contributed by atoms with Gasteiger partial charge in [0.05, 0.1) is 0 Å². The molecule has 64 valence electrons. The van der Waals surface area contributed by atoms with Crippen molar-refractivity contribution < 1.29 is 9.53 Å².